The van der Waals surface area contributed by atoms with E-state index in [0.717, 1.165) is 0 Å². The van der Waals surface area contributed by atoms with Crippen molar-refractivity contribution in [3.63, 3.8) is 0 Å². The van der Waals surface area contributed by atoms with E-state index in [9.17, 15) is 9.18 Å². The van der Waals surface area contributed by atoms with Crippen molar-refractivity contribution in [2.45, 2.75) is 0 Å². The Bertz CT molecular complexity index is 492. The fourth-order valence-corrected chi connectivity index (χ4v) is 1.36. The number of nitrogens with two attached hydrogens (primary N) is 1. The van der Waals surface area contributed by atoms with Gasteiger partial charge in [0.2, 0.25) is 0 Å². The number of hydrogen-bond acceptors (Lipinski definition) is 2. The minimum atomic E-state index is -0.443. The number of aromatic amines is 1. The Balaban J connectivity index is 2.67. The number of nitrogen functional groups attached to an aromatic ring is 1. The number of hydrogen-bond donors (Lipinski definition) is 3. The molecule has 0 saturated carbocycles. The Labute approximate surface area is 78.9 Å². The molecule has 1 amide bonds. The summed E-state index contributed by atoms with van der Waals surface area (Å²) < 4.78 is 12.9. The van der Waals surface area contributed by atoms with Crippen LogP contribution in [0.25, 0.3) is 10.9 Å². The van der Waals surface area contributed by atoms with E-state index in [4.69, 9.17) is 5.84 Å². The summed E-state index contributed by atoms with van der Waals surface area (Å²) >= 11 is 0. The highest BCUT2D eigenvalue weighted by Gasteiger charge is 2.10. The molecule has 0 bridgehead atoms. The molecule has 1 aromatic heterocycles. The van der Waals surface area contributed by atoms with Gasteiger partial charge >= 0.3 is 0 Å². The number of aromatic nitrogens is 1. The maximum Gasteiger partial charge on any atom is 0.267 e. The van der Waals surface area contributed by atoms with Crippen LogP contribution < -0.4 is 11.3 Å². The van der Waals surface area contributed by atoms with Crippen LogP contribution in [0, 0.1) is 5.82 Å². The third-order valence-corrected chi connectivity index (χ3v) is 2.02. The summed E-state index contributed by atoms with van der Waals surface area (Å²) in [7, 11) is 0. The molecule has 4 N–H and O–H groups in total. The van der Waals surface area contributed by atoms with Crippen molar-refractivity contribution >= 4 is 16.8 Å². The monoisotopic (exact) mass is 193 g/mol. The van der Waals surface area contributed by atoms with Crippen molar-refractivity contribution in [3.05, 3.63) is 35.8 Å². The summed E-state index contributed by atoms with van der Waals surface area (Å²) in [6.07, 6.45) is 1.49. The lowest BCUT2D eigenvalue weighted by Crippen LogP contribution is -2.29. The fraction of sp³-hybridized carbons (Fsp3) is 0. The molecule has 1 heterocycles. The number of halogens is 1. The van der Waals surface area contributed by atoms with Gasteiger partial charge in [0.15, 0.2) is 0 Å². The van der Waals surface area contributed by atoms with Crippen molar-refractivity contribution in [2.24, 2.45) is 5.84 Å². The van der Waals surface area contributed by atoms with E-state index in [2.05, 4.69) is 4.98 Å². The highest BCUT2D eigenvalue weighted by Crippen LogP contribution is 2.18. The molecular weight excluding hydrogens is 185 g/mol. The van der Waals surface area contributed by atoms with Crippen LogP contribution in [0.5, 0.6) is 0 Å². The van der Waals surface area contributed by atoms with Crippen LogP contribution in [0.1, 0.15) is 10.4 Å². The largest absolute Gasteiger partial charge is 0.360 e. The van der Waals surface area contributed by atoms with Crippen LogP contribution >= 0.6 is 0 Å². The van der Waals surface area contributed by atoms with E-state index < -0.39 is 5.91 Å². The minimum Gasteiger partial charge on any atom is -0.360 e. The average molecular weight is 193 g/mol. The molecule has 0 aliphatic rings. The summed E-state index contributed by atoms with van der Waals surface area (Å²) in [5.74, 6) is 4.16. The second-order valence-corrected chi connectivity index (χ2v) is 2.87. The molecule has 0 saturated heterocycles. The Morgan fingerprint density at radius 1 is 1.50 bits per heavy atom. The topological polar surface area (TPSA) is 70.9 Å². The molecular formula is C9H8FN3O. The molecule has 72 valence electrons. The Kier molecular flexibility index (Phi) is 1.94. The molecule has 2 rings (SSSR count). The first kappa shape index (κ1) is 8.71. The first-order valence-corrected chi connectivity index (χ1v) is 4.00. The molecule has 0 radical (unpaired) electrons. The smallest absolute Gasteiger partial charge is 0.267 e. The lowest BCUT2D eigenvalue weighted by atomic mass is 10.1. The van der Waals surface area contributed by atoms with Crippen molar-refractivity contribution in [2.75, 3.05) is 0 Å². The van der Waals surface area contributed by atoms with Crippen molar-refractivity contribution in [3.8, 4) is 0 Å². The highest BCUT2D eigenvalue weighted by molar-refractivity contribution is 6.06. The summed E-state index contributed by atoms with van der Waals surface area (Å²) in [5, 5.41) is 0.521. The molecule has 14 heavy (non-hydrogen) atoms. The lowest BCUT2D eigenvalue weighted by Gasteiger charge is -1.96. The fourth-order valence-electron chi connectivity index (χ4n) is 1.36. The maximum absolute atomic E-state index is 12.9. The third kappa shape index (κ3) is 1.23. The van der Waals surface area contributed by atoms with Crippen LogP contribution in [0.15, 0.2) is 24.4 Å². The van der Waals surface area contributed by atoms with E-state index in [1.54, 1.807) is 6.07 Å². The van der Waals surface area contributed by atoms with Crippen LogP contribution in [0.4, 0.5) is 4.39 Å². The number of nitrogens with one attached hydrogen (secondary N) is 2. The summed E-state index contributed by atoms with van der Waals surface area (Å²) in [6.45, 7) is 0. The second kappa shape index (κ2) is 3.12. The van der Waals surface area contributed by atoms with Gasteiger partial charge in [0, 0.05) is 17.1 Å². The minimum absolute atomic E-state index is 0.335. The molecule has 4 nitrogen and oxygen atoms in total. The van der Waals surface area contributed by atoms with Gasteiger partial charge < -0.3 is 4.98 Å². The molecule has 0 spiro atoms. The predicted octanol–water partition coefficient (Wildman–Crippen LogP) is 0.910. The number of carbonyl (C=O) groups excluding carboxylic acids is 1. The molecule has 0 aliphatic carbocycles. The lowest BCUT2D eigenvalue weighted by molar-refractivity contribution is 0.0955. The third-order valence-electron chi connectivity index (χ3n) is 2.02. The number of fused-ring (bicyclic) bond motifs is 1. The van der Waals surface area contributed by atoms with E-state index in [0.29, 0.717) is 16.5 Å². The Morgan fingerprint density at radius 3 is 3.00 bits per heavy atom. The molecule has 0 aliphatic heterocycles. The van der Waals surface area contributed by atoms with E-state index >= 15 is 0 Å². The predicted molar refractivity (Wildman–Crippen MR) is 49.9 cm³/mol. The van der Waals surface area contributed by atoms with Gasteiger partial charge in [-0.2, -0.15) is 0 Å². The number of rotatable bonds is 1. The van der Waals surface area contributed by atoms with Crippen LogP contribution in [-0.4, -0.2) is 10.9 Å². The summed E-state index contributed by atoms with van der Waals surface area (Å²) in [6, 6.07) is 4.18. The number of amides is 1. The standard InChI is InChI=1S/C9H8FN3O/c10-5-1-2-8-6(3-5)7(4-12-8)9(14)13-11/h1-4,12H,11H2,(H,13,14). The molecule has 0 atom stereocenters. The zero-order valence-corrected chi connectivity index (χ0v) is 7.17. The van der Waals surface area contributed by atoms with Gasteiger partial charge in [-0.1, -0.05) is 0 Å². The Hall–Kier alpha value is -1.88. The van der Waals surface area contributed by atoms with Gasteiger partial charge in [-0.15, -0.1) is 0 Å². The van der Waals surface area contributed by atoms with Gasteiger partial charge in [-0.05, 0) is 18.2 Å². The zero-order chi connectivity index (χ0) is 10.1. The first-order chi connectivity index (χ1) is 6.72. The first-order valence-electron chi connectivity index (χ1n) is 4.00. The van der Waals surface area contributed by atoms with E-state index in [-0.39, 0.29) is 5.82 Å². The summed E-state index contributed by atoms with van der Waals surface area (Å²) in [5.41, 5.74) is 3.03. The van der Waals surface area contributed by atoms with E-state index in [1.165, 1.54) is 18.3 Å². The normalized spacial score (nSPS) is 10.4. The van der Waals surface area contributed by atoms with Gasteiger partial charge in [0.1, 0.15) is 5.82 Å². The Morgan fingerprint density at radius 2 is 2.29 bits per heavy atom. The van der Waals surface area contributed by atoms with Crippen molar-refractivity contribution in [1.82, 2.24) is 10.4 Å². The molecule has 0 fully saturated rings. The van der Waals surface area contributed by atoms with Gasteiger partial charge in [-0.3, -0.25) is 10.2 Å². The van der Waals surface area contributed by atoms with Crippen LogP contribution in [0.2, 0.25) is 0 Å². The second-order valence-electron chi connectivity index (χ2n) is 2.87. The molecule has 1 aromatic carbocycles. The SMILES string of the molecule is NNC(=O)c1c[nH]c2ccc(F)cc12. The van der Waals surface area contributed by atoms with Gasteiger partial charge in [0.05, 0.1) is 5.56 Å². The summed E-state index contributed by atoms with van der Waals surface area (Å²) in [4.78, 5) is 14.1. The van der Waals surface area contributed by atoms with Crippen LogP contribution in [-0.2, 0) is 0 Å². The number of carbonyl (C=O) groups is 1. The average Bonchev–Trinajstić information content (AvgIpc) is 2.59. The zero-order valence-electron chi connectivity index (χ0n) is 7.17. The molecule has 5 heteroatoms. The van der Waals surface area contributed by atoms with E-state index in [1.807, 2.05) is 5.43 Å². The quantitative estimate of drug-likeness (QED) is 0.358. The highest BCUT2D eigenvalue weighted by atomic mass is 19.1. The van der Waals surface area contributed by atoms with Gasteiger partial charge in [-0.25, -0.2) is 10.2 Å². The molecule has 0 unspecified atom stereocenters. The van der Waals surface area contributed by atoms with Crippen molar-refractivity contribution < 1.29 is 9.18 Å². The maximum atomic E-state index is 12.9. The number of hydrazine groups is 1. The van der Waals surface area contributed by atoms with Crippen LogP contribution in [0.3, 0.4) is 0 Å². The van der Waals surface area contributed by atoms with Crippen molar-refractivity contribution in [1.29, 1.82) is 0 Å². The van der Waals surface area contributed by atoms with Gasteiger partial charge in [0.25, 0.3) is 5.91 Å². The number of benzene rings is 1. The molecule has 2 aromatic rings. The number of H-pyrrole nitrogens is 1.